The van der Waals surface area contributed by atoms with Crippen LogP contribution in [0.3, 0.4) is 0 Å². The molecule has 0 aliphatic rings. The standard InChI is InChI=1S/C16H17NO/c1-11-5-4-6-16(12(11)2)14-7-9-15(10-8-14)17-13(3)18/h4-10H,1-3H3,(H,17,18). The molecule has 2 nitrogen and oxygen atoms in total. The van der Waals surface area contributed by atoms with E-state index >= 15 is 0 Å². The molecule has 0 aromatic heterocycles. The fraction of sp³-hybridized carbons (Fsp3) is 0.188. The van der Waals surface area contributed by atoms with E-state index in [1.165, 1.54) is 29.2 Å². The molecule has 2 aromatic carbocycles. The molecule has 2 rings (SSSR count). The minimum atomic E-state index is -0.0468. The van der Waals surface area contributed by atoms with Crippen LogP contribution in [0.1, 0.15) is 18.1 Å². The van der Waals surface area contributed by atoms with Gasteiger partial charge in [-0.15, -0.1) is 0 Å². The van der Waals surface area contributed by atoms with Gasteiger partial charge in [-0.3, -0.25) is 4.79 Å². The predicted molar refractivity (Wildman–Crippen MR) is 75.7 cm³/mol. The Morgan fingerprint density at radius 2 is 1.67 bits per heavy atom. The van der Waals surface area contributed by atoms with E-state index in [2.05, 4.69) is 37.4 Å². The highest BCUT2D eigenvalue weighted by molar-refractivity contribution is 5.89. The minimum Gasteiger partial charge on any atom is -0.326 e. The van der Waals surface area contributed by atoms with Crippen molar-refractivity contribution < 1.29 is 4.79 Å². The van der Waals surface area contributed by atoms with Crippen molar-refractivity contribution in [2.45, 2.75) is 20.8 Å². The van der Waals surface area contributed by atoms with Crippen LogP contribution in [0, 0.1) is 13.8 Å². The molecule has 0 heterocycles. The van der Waals surface area contributed by atoms with Crippen LogP contribution in [0.5, 0.6) is 0 Å². The lowest BCUT2D eigenvalue weighted by atomic mass is 9.97. The highest BCUT2D eigenvalue weighted by Gasteiger charge is 2.03. The van der Waals surface area contributed by atoms with Gasteiger partial charge in [-0.25, -0.2) is 0 Å². The third-order valence-electron chi connectivity index (χ3n) is 3.12. The van der Waals surface area contributed by atoms with Crippen molar-refractivity contribution in [1.29, 1.82) is 0 Å². The van der Waals surface area contributed by atoms with Crippen molar-refractivity contribution in [2.24, 2.45) is 0 Å². The van der Waals surface area contributed by atoms with E-state index in [-0.39, 0.29) is 5.91 Å². The van der Waals surface area contributed by atoms with Gasteiger partial charge in [0.05, 0.1) is 0 Å². The van der Waals surface area contributed by atoms with Gasteiger partial charge in [-0.05, 0) is 48.2 Å². The molecule has 1 amide bonds. The van der Waals surface area contributed by atoms with Gasteiger partial charge in [0.15, 0.2) is 0 Å². The van der Waals surface area contributed by atoms with E-state index in [0.717, 1.165) is 5.69 Å². The number of nitrogens with one attached hydrogen (secondary N) is 1. The van der Waals surface area contributed by atoms with Crippen LogP contribution in [-0.4, -0.2) is 5.91 Å². The first-order chi connectivity index (χ1) is 8.58. The summed E-state index contributed by atoms with van der Waals surface area (Å²) in [4.78, 5) is 11.0. The first-order valence-electron chi connectivity index (χ1n) is 6.02. The summed E-state index contributed by atoms with van der Waals surface area (Å²) >= 11 is 0. The van der Waals surface area contributed by atoms with Crippen LogP contribution in [0.4, 0.5) is 5.69 Å². The minimum absolute atomic E-state index is 0.0468. The number of hydrogen-bond donors (Lipinski definition) is 1. The van der Waals surface area contributed by atoms with E-state index in [9.17, 15) is 4.79 Å². The molecule has 0 bridgehead atoms. The van der Waals surface area contributed by atoms with Crippen molar-refractivity contribution in [1.82, 2.24) is 0 Å². The second kappa shape index (κ2) is 5.05. The van der Waals surface area contributed by atoms with Crippen LogP contribution in [-0.2, 0) is 4.79 Å². The van der Waals surface area contributed by atoms with E-state index < -0.39 is 0 Å². The molecule has 18 heavy (non-hydrogen) atoms. The van der Waals surface area contributed by atoms with E-state index in [1.807, 2.05) is 24.3 Å². The van der Waals surface area contributed by atoms with Gasteiger partial charge in [0, 0.05) is 12.6 Å². The summed E-state index contributed by atoms with van der Waals surface area (Å²) in [5.74, 6) is -0.0468. The number of rotatable bonds is 2. The Balaban J connectivity index is 2.34. The smallest absolute Gasteiger partial charge is 0.221 e. The Bertz CT molecular complexity index is 570. The highest BCUT2D eigenvalue weighted by Crippen LogP contribution is 2.26. The Hall–Kier alpha value is -2.09. The molecular weight excluding hydrogens is 222 g/mol. The summed E-state index contributed by atoms with van der Waals surface area (Å²) in [6.07, 6.45) is 0. The molecule has 0 saturated carbocycles. The molecule has 0 saturated heterocycles. The third kappa shape index (κ3) is 2.59. The quantitative estimate of drug-likeness (QED) is 0.845. The Labute approximate surface area is 108 Å². The number of hydrogen-bond acceptors (Lipinski definition) is 1. The van der Waals surface area contributed by atoms with Crippen LogP contribution in [0.15, 0.2) is 42.5 Å². The Kier molecular flexibility index (Phi) is 3.47. The maximum Gasteiger partial charge on any atom is 0.221 e. The molecular formula is C16H17NO. The number of aryl methyl sites for hydroxylation is 1. The summed E-state index contributed by atoms with van der Waals surface area (Å²) < 4.78 is 0. The normalized spacial score (nSPS) is 10.2. The van der Waals surface area contributed by atoms with Crippen molar-refractivity contribution in [3.8, 4) is 11.1 Å². The van der Waals surface area contributed by atoms with E-state index in [4.69, 9.17) is 0 Å². The van der Waals surface area contributed by atoms with Crippen molar-refractivity contribution in [2.75, 3.05) is 5.32 Å². The Morgan fingerprint density at radius 3 is 2.28 bits per heavy atom. The largest absolute Gasteiger partial charge is 0.326 e. The lowest BCUT2D eigenvalue weighted by Crippen LogP contribution is -2.05. The molecule has 0 spiro atoms. The summed E-state index contributed by atoms with van der Waals surface area (Å²) in [7, 11) is 0. The van der Waals surface area contributed by atoms with Gasteiger partial charge in [0.25, 0.3) is 0 Å². The van der Waals surface area contributed by atoms with Gasteiger partial charge < -0.3 is 5.32 Å². The average molecular weight is 239 g/mol. The monoisotopic (exact) mass is 239 g/mol. The van der Waals surface area contributed by atoms with Crippen molar-refractivity contribution >= 4 is 11.6 Å². The number of amides is 1. The highest BCUT2D eigenvalue weighted by atomic mass is 16.1. The van der Waals surface area contributed by atoms with E-state index in [1.54, 1.807) is 0 Å². The number of carbonyl (C=O) groups is 1. The molecule has 0 radical (unpaired) electrons. The number of benzene rings is 2. The SMILES string of the molecule is CC(=O)Nc1ccc(-c2cccc(C)c2C)cc1. The van der Waals surface area contributed by atoms with Gasteiger partial charge in [-0.1, -0.05) is 30.3 Å². The lowest BCUT2D eigenvalue weighted by Gasteiger charge is -2.09. The van der Waals surface area contributed by atoms with E-state index in [0.29, 0.717) is 0 Å². The summed E-state index contributed by atoms with van der Waals surface area (Å²) in [6, 6.07) is 14.2. The molecule has 0 atom stereocenters. The molecule has 2 aromatic rings. The molecule has 0 fully saturated rings. The second-order valence-electron chi connectivity index (χ2n) is 4.51. The van der Waals surface area contributed by atoms with Gasteiger partial charge in [0.2, 0.25) is 5.91 Å². The Morgan fingerprint density at radius 1 is 1.00 bits per heavy atom. The van der Waals surface area contributed by atoms with Crippen LogP contribution < -0.4 is 5.32 Å². The fourth-order valence-corrected chi connectivity index (χ4v) is 2.00. The first kappa shape index (κ1) is 12.4. The van der Waals surface area contributed by atoms with Crippen LogP contribution in [0.25, 0.3) is 11.1 Å². The fourth-order valence-electron chi connectivity index (χ4n) is 2.00. The first-order valence-corrected chi connectivity index (χ1v) is 6.02. The zero-order valence-corrected chi connectivity index (χ0v) is 10.9. The van der Waals surface area contributed by atoms with Crippen LogP contribution >= 0.6 is 0 Å². The molecule has 0 unspecified atom stereocenters. The van der Waals surface area contributed by atoms with Crippen molar-refractivity contribution in [3.63, 3.8) is 0 Å². The predicted octanol–water partition coefficient (Wildman–Crippen LogP) is 3.93. The number of anilines is 1. The molecule has 0 aliphatic heterocycles. The summed E-state index contributed by atoms with van der Waals surface area (Å²) in [6.45, 7) is 5.76. The molecule has 0 aliphatic carbocycles. The third-order valence-corrected chi connectivity index (χ3v) is 3.12. The van der Waals surface area contributed by atoms with Gasteiger partial charge in [0.1, 0.15) is 0 Å². The topological polar surface area (TPSA) is 29.1 Å². The summed E-state index contributed by atoms with van der Waals surface area (Å²) in [5, 5.41) is 2.77. The zero-order valence-electron chi connectivity index (χ0n) is 10.9. The molecule has 1 N–H and O–H groups in total. The average Bonchev–Trinajstić information content (AvgIpc) is 2.33. The summed E-state index contributed by atoms with van der Waals surface area (Å²) in [5.41, 5.74) is 5.83. The van der Waals surface area contributed by atoms with Crippen LogP contribution in [0.2, 0.25) is 0 Å². The van der Waals surface area contributed by atoms with Gasteiger partial charge in [-0.2, -0.15) is 0 Å². The zero-order chi connectivity index (χ0) is 13.1. The lowest BCUT2D eigenvalue weighted by molar-refractivity contribution is -0.114. The van der Waals surface area contributed by atoms with Gasteiger partial charge >= 0.3 is 0 Å². The molecule has 92 valence electrons. The van der Waals surface area contributed by atoms with Crippen molar-refractivity contribution in [3.05, 3.63) is 53.6 Å². The second-order valence-corrected chi connectivity index (χ2v) is 4.51. The number of carbonyl (C=O) groups excluding carboxylic acids is 1. The molecule has 2 heteroatoms. The maximum absolute atomic E-state index is 11.0. The maximum atomic E-state index is 11.0.